The Morgan fingerprint density at radius 2 is 2.00 bits per heavy atom. The molecule has 0 spiro atoms. The first-order chi connectivity index (χ1) is 8.76. The van der Waals surface area contributed by atoms with Crippen molar-refractivity contribution in [1.29, 1.82) is 0 Å². The number of hydrogen-bond acceptors (Lipinski definition) is 1. The lowest BCUT2D eigenvalue weighted by Gasteiger charge is -2.16. The summed E-state index contributed by atoms with van der Waals surface area (Å²) in [6.45, 7) is 6.11. The third-order valence-electron chi connectivity index (χ3n) is 3.43. The Morgan fingerprint density at radius 3 is 2.72 bits per heavy atom. The van der Waals surface area contributed by atoms with E-state index in [-0.39, 0.29) is 0 Å². The van der Waals surface area contributed by atoms with Gasteiger partial charge in [-0.1, -0.05) is 43.3 Å². The van der Waals surface area contributed by atoms with Crippen molar-refractivity contribution in [2.75, 3.05) is 12.4 Å². The van der Waals surface area contributed by atoms with E-state index in [1.807, 2.05) is 13.1 Å². The van der Waals surface area contributed by atoms with Crippen LogP contribution in [0.3, 0.4) is 0 Å². The second-order valence-electron chi connectivity index (χ2n) is 4.90. The molecule has 1 N–H and O–H groups in total. The van der Waals surface area contributed by atoms with Crippen LogP contribution < -0.4 is 5.32 Å². The molecule has 0 heterocycles. The maximum atomic E-state index is 3.83. The number of allylic oxidation sites excluding steroid dienone is 1. The molecule has 18 heavy (non-hydrogen) atoms. The maximum absolute atomic E-state index is 3.83. The summed E-state index contributed by atoms with van der Waals surface area (Å²) < 4.78 is 0. The van der Waals surface area contributed by atoms with Gasteiger partial charge < -0.3 is 5.32 Å². The zero-order chi connectivity index (χ0) is 13.0. The number of benzene rings is 2. The van der Waals surface area contributed by atoms with Crippen LogP contribution in [0.2, 0.25) is 0 Å². The largest absolute Gasteiger partial charge is 0.388 e. The third-order valence-corrected chi connectivity index (χ3v) is 3.43. The predicted molar refractivity (Wildman–Crippen MR) is 81.2 cm³/mol. The molecule has 0 amide bonds. The van der Waals surface area contributed by atoms with Gasteiger partial charge in [0.1, 0.15) is 0 Å². The Hall–Kier alpha value is -1.76. The van der Waals surface area contributed by atoms with E-state index in [9.17, 15) is 0 Å². The fraction of sp³-hybridized carbons (Fsp3) is 0.294. The van der Waals surface area contributed by atoms with E-state index in [2.05, 4.69) is 55.2 Å². The molecule has 0 saturated heterocycles. The molecule has 0 aliphatic rings. The van der Waals surface area contributed by atoms with Crippen LogP contribution >= 0.6 is 0 Å². The van der Waals surface area contributed by atoms with Crippen molar-refractivity contribution < 1.29 is 0 Å². The Kier molecular flexibility index (Phi) is 4.03. The van der Waals surface area contributed by atoms with Crippen LogP contribution in [0, 0.1) is 5.92 Å². The molecule has 1 atom stereocenters. The lowest BCUT2D eigenvalue weighted by atomic mass is 9.92. The molecular formula is C17H21N. The third kappa shape index (κ3) is 2.56. The lowest BCUT2D eigenvalue weighted by molar-refractivity contribution is 0.593. The first-order valence-electron chi connectivity index (χ1n) is 6.55. The van der Waals surface area contributed by atoms with E-state index in [4.69, 9.17) is 0 Å². The molecule has 0 aliphatic heterocycles. The van der Waals surface area contributed by atoms with Gasteiger partial charge in [-0.25, -0.2) is 0 Å². The Labute approximate surface area is 110 Å². The Morgan fingerprint density at radius 1 is 1.22 bits per heavy atom. The van der Waals surface area contributed by atoms with Crippen LogP contribution in [0.4, 0.5) is 5.69 Å². The average molecular weight is 239 g/mol. The number of nitrogens with one attached hydrogen (secondary N) is 1. The number of rotatable bonds is 5. The van der Waals surface area contributed by atoms with E-state index < -0.39 is 0 Å². The Bertz CT molecular complexity index is 542. The van der Waals surface area contributed by atoms with Gasteiger partial charge in [-0.05, 0) is 41.2 Å². The highest BCUT2D eigenvalue weighted by Crippen LogP contribution is 2.29. The van der Waals surface area contributed by atoms with Gasteiger partial charge in [-0.15, -0.1) is 6.58 Å². The SMILES string of the molecule is C=CCC(C)Cc1c(NC)ccc2ccccc12. The summed E-state index contributed by atoms with van der Waals surface area (Å²) in [6.07, 6.45) is 4.16. The average Bonchev–Trinajstić information content (AvgIpc) is 2.39. The van der Waals surface area contributed by atoms with Crippen LogP contribution in [0.25, 0.3) is 10.8 Å². The highest BCUT2D eigenvalue weighted by Gasteiger charge is 2.10. The minimum atomic E-state index is 0.625. The monoisotopic (exact) mass is 239 g/mol. The molecule has 94 valence electrons. The van der Waals surface area contributed by atoms with Crippen LogP contribution in [0.1, 0.15) is 18.9 Å². The van der Waals surface area contributed by atoms with Crippen LogP contribution in [0.15, 0.2) is 49.1 Å². The fourth-order valence-electron chi connectivity index (χ4n) is 2.51. The van der Waals surface area contributed by atoms with Crippen molar-refractivity contribution in [3.63, 3.8) is 0 Å². The highest BCUT2D eigenvalue weighted by atomic mass is 14.8. The summed E-state index contributed by atoms with van der Waals surface area (Å²) in [7, 11) is 1.99. The molecule has 1 nitrogen and oxygen atoms in total. The second kappa shape index (κ2) is 5.72. The summed E-state index contributed by atoms with van der Waals surface area (Å²) in [5.74, 6) is 0.625. The lowest BCUT2D eigenvalue weighted by Crippen LogP contribution is -2.03. The summed E-state index contributed by atoms with van der Waals surface area (Å²) in [5.41, 5.74) is 2.66. The van der Waals surface area contributed by atoms with Crippen molar-refractivity contribution >= 4 is 16.5 Å². The molecule has 0 bridgehead atoms. The van der Waals surface area contributed by atoms with E-state index in [1.165, 1.54) is 22.0 Å². The first-order valence-corrected chi connectivity index (χ1v) is 6.55. The van der Waals surface area contributed by atoms with Crippen molar-refractivity contribution in [2.24, 2.45) is 5.92 Å². The predicted octanol–water partition coefficient (Wildman–Crippen LogP) is 4.64. The summed E-state index contributed by atoms with van der Waals surface area (Å²) in [5, 5.41) is 5.99. The van der Waals surface area contributed by atoms with Crippen LogP contribution in [-0.2, 0) is 6.42 Å². The molecule has 2 aromatic carbocycles. The summed E-state index contributed by atoms with van der Waals surface area (Å²) in [4.78, 5) is 0. The molecule has 2 aromatic rings. The van der Waals surface area contributed by atoms with E-state index in [0.717, 1.165) is 12.8 Å². The van der Waals surface area contributed by atoms with Crippen molar-refractivity contribution in [2.45, 2.75) is 19.8 Å². The molecule has 1 heteroatoms. The molecule has 0 saturated carbocycles. The molecule has 0 aromatic heterocycles. The number of hydrogen-bond donors (Lipinski definition) is 1. The van der Waals surface area contributed by atoms with Crippen molar-refractivity contribution in [1.82, 2.24) is 0 Å². The second-order valence-corrected chi connectivity index (χ2v) is 4.90. The topological polar surface area (TPSA) is 12.0 Å². The molecular weight excluding hydrogens is 218 g/mol. The van der Waals surface area contributed by atoms with E-state index in [1.54, 1.807) is 0 Å². The standard InChI is InChI=1S/C17H21N/c1-4-7-13(2)12-16-15-9-6-5-8-14(15)10-11-17(16)18-3/h4-6,8-11,13,18H,1,7,12H2,2-3H3. The Balaban J connectivity index is 2.47. The van der Waals surface area contributed by atoms with Gasteiger partial charge in [0, 0.05) is 12.7 Å². The fourth-order valence-corrected chi connectivity index (χ4v) is 2.51. The zero-order valence-corrected chi connectivity index (χ0v) is 11.2. The quantitative estimate of drug-likeness (QED) is 0.750. The number of fused-ring (bicyclic) bond motifs is 1. The van der Waals surface area contributed by atoms with E-state index >= 15 is 0 Å². The van der Waals surface area contributed by atoms with Crippen LogP contribution in [-0.4, -0.2) is 7.05 Å². The molecule has 0 aliphatic carbocycles. The van der Waals surface area contributed by atoms with E-state index in [0.29, 0.717) is 5.92 Å². The van der Waals surface area contributed by atoms with Crippen molar-refractivity contribution in [3.05, 3.63) is 54.6 Å². The van der Waals surface area contributed by atoms with Crippen LogP contribution in [0.5, 0.6) is 0 Å². The molecule has 0 fully saturated rings. The van der Waals surface area contributed by atoms with Gasteiger partial charge >= 0.3 is 0 Å². The van der Waals surface area contributed by atoms with Gasteiger partial charge in [-0.3, -0.25) is 0 Å². The zero-order valence-electron chi connectivity index (χ0n) is 11.2. The van der Waals surface area contributed by atoms with Gasteiger partial charge in [0.05, 0.1) is 0 Å². The molecule has 0 radical (unpaired) electrons. The van der Waals surface area contributed by atoms with Gasteiger partial charge in [0.15, 0.2) is 0 Å². The molecule has 1 unspecified atom stereocenters. The maximum Gasteiger partial charge on any atom is 0.0376 e. The summed E-state index contributed by atoms with van der Waals surface area (Å²) >= 11 is 0. The van der Waals surface area contributed by atoms with Gasteiger partial charge in [0.2, 0.25) is 0 Å². The molecule has 2 rings (SSSR count). The van der Waals surface area contributed by atoms with Gasteiger partial charge in [0.25, 0.3) is 0 Å². The summed E-state index contributed by atoms with van der Waals surface area (Å²) in [6, 6.07) is 13.0. The highest BCUT2D eigenvalue weighted by molar-refractivity contribution is 5.90. The minimum Gasteiger partial charge on any atom is -0.388 e. The number of anilines is 1. The minimum absolute atomic E-state index is 0.625. The first kappa shape index (κ1) is 12.7. The van der Waals surface area contributed by atoms with Gasteiger partial charge in [-0.2, -0.15) is 0 Å². The normalized spacial score (nSPS) is 12.3. The van der Waals surface area contributed by atoms with Crippen molar-refractivity contribution in [3.8, 4) is 0 Å². The smallest absolute Gasteiger partial charge is 0.0376 e.